The number of anilines is 1. The van der Waals surface area contributed by atoms with Gasteiger partial charge in [0.05, 0.1) is 5.52 Å². The molecule has 3 atom stereocenters. The summed E-state index contributed by atoms with van der Waals surface area (Å²) < 4.78 is 2.05. The second kappa shape index (κ2) is 7.18. The molecule has 1 N–H and O–H groups in total. The van der Waals surface area contributed by atoms with E-state index in [1.807, 2.05) is 19.2 Å². The lowest BCUT2D eigenvalue weighted by molar-refractivity contribution is 0.149. The first-order valence-electron chi connectivity index (χ1n) is 11.0. The summed E-state index contributed by atoms with van der Waals surface area (Å²) in [5.74, 6) is 2.17. The topological polar surface area (TPSA) is 68.0 Å². The maximum Gasteiger partial charge on any atom is 0.265 e. The molecule has 30 heavy (non-hydrogen) atoms. The van der Waals surface area contributed by atoms with Gasteiger partial charge in [0, 0.05) is 18.6 Å². The van der Waals surface area contributed by atoms with Crippen LogP contribution in [0, 0.1) is 23.2 Å². The Bertz CT molecular complexity index is 1160. The first kappa shape index (κ1) is 19.2. The Labute approximate surface area is 177 Å². The molecule has 2 heterocycles. The van der Waals surface area contributed by atoms with Gasteiger partial charge in [-0.15, -0.1) is 10.2 Å². The van der Waals surface area contributed by atoms with Gasteiger partial charge in [0.15, 0.2) is 5.65 Å². The highest BCUT2D eigenvalue weighted by Gasteiger charge is 2.40. The van der Waals surface area contributed by atoms with Crippen LogP contribution in [-0.2, 0) is 7.05 Å². The van der Waals surface area contributed by atoms with Crippen molar-refractivity contribution < 1.29 is 0 Å². The molecule has 0 amide bonds. The number of para-hydroxylation sites is 1. The van der Waals surface area contributed by atoms with Crippen molar-refractivity contribution in [1.82, 2.24) is 19.7 Å². The SMILES string of the molecule is C[C@@H]1CC2=CCCC(C)(C)[C@H]2C[C@@H]1C=NNc1nnc2c3ccccc3n(C)c2n1. The Morgan fingerprint density at radius 1 is 1.23 bits per heavy atom. The number of benzene rings is 1. The van der Waals surface area contributed by atoms with Crippen LogP contribution in [0.25, 0.3) is 22.1 Å². The summed E-state index contributed by atoms with van der Waals surface area (Å²) in [5.41, 5.74) is 7.82. The summed E-state index contributed by atoms with van der Waals surface area (Å²) in [5, 5.41) is 14.3. The minimum atomic E-state index is 0.385. The van der Waals surface area contributed by atoms with Crippen LogP contribution in [0.4, 0.5) is 5.95 Å². The molecule has 3 aromatic rings. The van der Waals surface area contributed by atoms with E-state index in [0.717, 1.165) is 22.1 Å². The van der Waals surface area contributed by atoms with Gasteiger partial charge in [-0.05, 0) is 54.9 Å². The third kappa shape index (κ3) is 3.18. The van der Waals surface area contributed by atoms with Crippen molar-refractivity contribution in [3.8, 4) is 0 Å². The normalized spacial score (nSPS) is 26.1. The largest absolute Gasteiger partial charge is 0.327 e. The zero-order valence-corrected chi connectivity index (χ0v) is 18.3. The minimum Gasteiger partial charge on any atom is -0.327 e. The molecular formula is C24H30N6. The van der Waals surface area contributed by atoms with E-state index >= 15 is 0 Å². The standard InChI is InChI=1S/C24H30N6/c1-15-12-16-8-7-11-24(2,3)19(16)13-17(15)14-25-28-23-26-22-21(27-29-23)18-9-5-6-10-20(18)30(22)4/h5-6,8-10,14-15,17,19H,7,11-13H2,1-4H3,(H,26,28,29)/t15-,17-,19+/m1/s1. The third-order valence-electron chi connectivity index (χ3n) is 7.32. The highest BCUT2D eigenvalue weighted by Crippen LogP contribution is 2.50. The summed E-state index contributed by atoms with van der Waals surface area (Å²) in [4.78, 5) is 4.66. The number of nitrogens with one attached hydrogen (secondary N) is 1. The monoisotopic (exact) mass is 402 g/mol. The fourth-order valence-electron chi connectivity index (χ4n) is 5.42. The van der Waals surface area contributed by atoms with E-state index in [2.05, 4.69) is 75.5 Å². The van der Waals surface area contributed by atoms with E-state index in [-0.39, 0.29) is 0 Å². The molecule has 2 aliphatic carbocycles. The number of aromatic nitrogens is 4. The van der Waals surface area contributed by atoms with Crippen LogP contribution in [0.1, 0.15) is 46.5 Å². The maximum absolute atomic E-state index is 4.66. The van der Waals surface area contributed by atoms with E-state index < -0.39 is 0 Å². The smallest absolute Gasteiger partial charge is 0.265 e. The number of nitrogens with zero attached hydrogens (tertiary/aromatic N) is 5. The highest BCUT2D eigenvalue weighted by molar-refractivity contribution is 6.04. The predicted molar refractivity (Wildman–Crippen MR) is 122 cm³/mol. The second-order valence-corrected chi connectivity index (χ2v) is 9.71. The van der Waals surface area contributed by atoms with Crippen molar-refractivity contribution in [2.45, 2.75) is 46.5 Å². The van der Waals surface area contributed by atoms with Crippen LogP contribution in [0.2, 0.25) is 0 Å². The van der Waals surface area contributed by atoms with Gasteiger partial charge in [-0.2, -0.15) is 10.1 Å². The van der Waals surface area contributed by atoms with Gasteiger partial charge in [-0.3, -0.25) is 0 Å². The second-order valence-electron chi connectivity index (χ2n) is 9.71. The van der Waals surface area contributed by atoms with E-state index in [1.54, 1.807) is 5.57 Å². The predicted octanol–water partition coefficient (Wildman–Crippen LogP) is 5.32. The average molecular weight is 403 g/mol. The van der Waals surface area contributed by atoms with E-state index in [4.69, 9.17) is 0 Å². The van der Waals surface area contributed by atoms with Crippen molar-refractivity contribution in [1.29, 1.82) is 0 Å². The molecule has 0 bridgehead atoms. The molecule has 2 aliphatic rings. The third-order valence-corrected chi connectivity index (χ3v) is 7.32. The number of aryl methyl sites for hydroxylation is 1. The molecule has 6 nitrogen and oxygen atoms in total. The number of rotatable bonds is 3. The zero-order valence-electron chi connectivity index (χ0n) is 18.3. The molecule has 0 unspecified atom stereocenters. The molecule has 1 saturated carbocycles. The minimum absolute atomic E-state index is 0.385. The molecule has 5 rings (SSSR count). The van der Waals surface area contributed by atoms with Gasteiger partial charge in [0.25, 0.3) is 5.95 Å². The maximum atomic E-state index is 4.66. The first-order chi connectivity index (χ1) is 14.4. The summed E-state index contributed by atoms with van der Waals surface area (Å²) in [7, 11) is 2.01. The van der Waals surface area contributed by atoms with Gasteiger partial charge in [-0.1, -0.05) is 50.6 Å². The molecule has 0 radical (unpaired) electrons. The molecule has 6 heteroatoms. The lowest BCUT2D eigenvalue weighted by Crippen LogP contribution is -2.36. The summed E-state index contributed by atoms with van der Waals surface area (Å²) in [6, 6.07) is 8.17. The quantitative estimate of drug-likeness (QED) is 0.366. The molecule has 0 aliphatic heterocycles. The summed E-state index contributed by atoms with van der Waals surface area (Å²) >= 11 is 0. The lowest BCUT2D eigenvalue weighted by Gasteiger charge is -2.46. The van der Waals surface area contributed by atoms with Gasteiger partial charge in [-0.25, -0.2) is 5.43 Å². The number of hydrogen-bond donors (Lipinski definition) is 1. The number of fused-ring (bicyclic) bond motifs is 4. The van der Waals surface area contributed by atoms with Crippen LogP contribution >= 0.6 is 0 Å². The highest BCUT2D eigenvalue weighted by atomic mass is 15.4. The fraction of sp³-hybridized carbons (Fsp3) is 0.500. The summed E-state index contributed by atoms with van der Waals surface area (Å²) in [6.45, 7) is 7.19. The van der Waals surface area contributed by atoms with Crippen molar-refractivity contribution in [3.05, 3.63) is 35.9 Å². The van der Waals surface area contributed by atoms with Gasteiger partial charge in [0.2, 0.25) is 0 Å². The van der Waals surface area contributed by atoms with Crippen LogP contribution < -0.4 is 5.43 Å². The molecule has 0 spiro atoms. The van der Waals surface area contributed by atoms with Crippen LogP contribution in [-0.4, -0.2) is 26.0 Å². The van der Waals surface area contributed by atoms with Gasteiger partial charge >= 0.3 is 0 Å². The molecule has 1 aromatic carbocycles. The Morgan fingerprint density at radius 2 is 2.07 bits per heavy atom. The first-order valence-corrected chi connectivity index (χ1v) is 11.0. The van der Waals surface area contributed by atoms with Crippen molar-refractivity contribution in [2.24, 2.45) is 35.3 Å². The number of hydrogen-bond acceptors (Lipinski definition) is 5. The molecule has 156 valence electrons. The van der Waals surface area contributed by atoms with E-state index in [0.29, 0.717) is 29.1 Å². The van der Waals surface area contributed by atoms with Crippen LogP contribution in [0.15, 0.2) is 41.0 Å². The van der Waals surface area contributed by atoms with Crippen LogP contribution in [0.5, 0.6) is 0 Å². The Morgan fingerprint density at radius 3 is 2.93 bits per heavy atom. The lowest BCUT2D eigenvalue weighted by atomic mass is 9.59. The van der Waals surface area contributed by atoms with Crippen LogP contribution in [0.3, 0.4) is 0 Å². The number of allylic oxidation sites excluding steroid dienone is 2. The Balaban J connectivity index is 1.35. The molecule has 0 saturated heterocycles. The van der Waals surface area contributed by atoms with Crippen molar-refractivity contribution in [3.63, 3.8) is 0 Å². The number of hydrazone groups is 1. The van der Waals surface area contributed by atoms with E-state index in [1.165, 1.54) is 25.7 Å². The fourth-order valence-corrected chi connectivity index (χ4v) is 5.42. The summed E-state index contributed by atoms with van der Waals surface area (Å²) in [6.07, 6.45) is 9.43. The molecular weight excluding hydrogens is 372 g/mol. The molecule has 1 fully saturated rings. The molecule has 2 aromatic heterocycles. The van der Waals surface area contributed by atoms with Gasteiger partial charge < -0.3 is 4.57 Å². The van der Waals surface area contributed by atoms with Crippen molar-refractivity contribution in [2.75, 3.05) is 5.43 Å². The Hall–Kier alpha value is -2.76. The Kier molecular flexibility index (Phi) is 4.60. The zero-order chi connectivity index (χ0) is 20.9. The van der Waals surface area contributed by atoms with E-state index in [9.17, 15) is 0 Å². The van der Waals surface area contributed by atoms with Gasteiger partial charge in [0.1, 0.15) is 5.52 Å². The van der Waals surface area contributed by atoms with Crippen molar-refractivity contribution >= 4 is 34.2 Å². The average Bonchev–Trinajstić information content (AvgIpc) is 3.01.